The van der Waals surface area contributed by atoms with E-state index in [9.17, 15) is 4.79 Å². The lowest BCUT2D eigenvalue weighted by Gasteiger charge is -2.24. The topological polar surface area (TPSA) is 79.3 Å². The number of rotatable bonds is 4. The number of nitrogens with one attached hydrogen (secondary N) is 3. The molecule has 1 aliphatic heterocycles. The second-order valence-electron chi connectivity index (χ2n) is 4.70. The number of benzene rings is 1. The summed E-state index contributed by atoms with van der Waals surface area (Å²) in [5.41, 5.74) is 2.42. The number of H-pyrrole nitrogens is 1. The van der Waals surface area contributed by atoms with E-state index in [2.05, 4.69) is 15.6 Å². The van der Waals surface area contributed by atoms with Crippen molar-refractivity contribution in [3.63, 3.8) is 0 Å². The maximum atomic E-state index is 11.1. The second kappa shape index (κ2) is 5.56. The zero-order valence-corrected chi connectivity index (χ0v) is 10.6. The first-order chi connectivity index (χ1) is 9.31. The van der Waals surface area contributed by atoms with Gasteiger partial charge in [-0.2, -0.15) is 0 Å². The highest BCUT2D eigenvalue weighted by Crippen LogP contribution is 2.12. The van der Waals surface area contributed by atoms with Crippen LogP contribution in [0.25, 0.3) is 11.1 Å². The van der Waals surface area contributed by atoms with Gasteiger partial charge in [-0.15, -0.1) is 0 Å². The summed E-state index contributed by atoms with van der Waals surface area (Å²) in [6.45, 7) is 4.04. The molecule has 0 amide bonds. The van der Waals surface area contributed by atoms with Gasteiger partial charge in [-0.3, -0.25) is 4.98 Å². The molecule has 0 radical (unpaired) electrons. The number of ether oxygens (including phenoxy) is 1. The van der Waals surface area contributed by atoms with Gasteiger partial charge >= 0.3 is 5.76 Å². The molecule has 1 saturated heterocycles. The predicted octanol–water partition coefficient (Wildman–Crippen LogP) is 0.199. The lowest BCUT2D eigenvalue weighted by Crippen LogP contribution is -2.47. The van der Waals surface area contributed by atoms with Crippen molar-refractivity contribution in [3.05, 3.63) is 34.3 Å². The van der Waals surface area contributed by atoms with E-state index in [-0.39, 0.29) is 0 Å². The molecule has 2 heterocycles. The number of aromatic nitrogens is 1. The maximum absolute atomic E-state index is 11.1. The van der Waals surface area contributed by atoms with Crippen molar-refractivity contribution in [3.8, 4) is 0 Å². The van der Waals surface area contributed by atoms with Crippen LogP contribution in [0.3, 0.4) is 0 Å². The molecule has 19 heavy (non-hydrogen) atoms. The minimum Gasteiger partial charge on any atom is -0.408 e. The number of morpholine rings is 1. The minimum absolute atomic E-state index is 0.364. The van der Waals surface area contributed by atoms with Crippen molar-refractivity contribution in [2.24, 2.45) is 0 Å². The van der Waals surface area contributed by atoms with Crippen LogP contribution in [-0.4, -0.2) is 37.3 Å². The van der Waals surface area contributed by atoms with Crippen LogP contribution in [0, 0.1) is 0 Å². The van der Waals surface area contributed by atoms with Crippen LogP contribution >= 0.6 is 0 Å². The van der Waals surface area contributed by atoms with E-state index < -0.39 is 5.76 Å². The molecule has 3 rings (SSSR count). The van der Waals surface area contributed by atoms with Crippen LogP contribution in [-0.2, 0) is 11.3 Å². The third kappa shape index (κ3) is 3.04. The summed E-state index contributed by atoms with van der Waals surface area (Å²) >= 11 is 0. The smallest absolute Gasteiger partial charge is 0.408 e. The largest absolute Gasteiger partial charge is 0.417 e. The summed E-state index contributed by atoms with van der Waals surface area (Å²) in [5.74, 6) is -0.413. The van der Waals surface area contributed by atoms with Crippen LogP contribution in [0.4, 0.5) is 0 Å². The third-order valence-corrected chi connectivity index (χ3v) is 3.20. The molecule has 0 bridgehead atoms. The molecule has 1 aliphatic rings. The molecule has 0 aliphatic carbocycles. The maximum Gasteiger partial charge on any atom is 0.417 e. The van der Waals surface area contributed by atoms with E-state index >= 15 is 0 Å². The fraction of sp³-hybridized carbons (Fsp3) is 0.462. The molecule has 1 fully saturated rings. The fourth-order valence-corrected chi connectivity index (χ4v) is 2.24. The van der Waals surface area contributed by atoms with Gasteiger partial charge in [0.25, 0.3) is 0 Å². The average molecular weight is 263 g/mol. The Morgan fingerprint density at radius 1 is 1.42 bits per heavy atom. The van der Waals surface area contributed by atoms with Gasteiger partial charge in [0.15, 0.2) is 5.58 Å². The van der Waals surface area contributed by atoms with Crippen LogP contribution in [0.5, 0.6) is 0 Å². The Morgan fingerprint density at radius 3 is 3.21 bits per heavy atom. The van der Waals surface area contributed by atoms with E-state index in [4.69, 9.17) is 9.15 Å². The van der Waals surface area contributed by atoms with Crippen molar-refractivity contribution >= 4 is 11.1 Å². The Labute approximate surface area is 110 Å². The summed E-state index contributed by atoms with van der Waals surface area (Å²) in [6, 6.07) is 6.08. The molecule has 0 saturated carbocycles. The minimum atomic E-state index is -0.413. The molecule has 1 unspecified atom stereocenters. The quantitative estimate of drug-likeness (QED) is 0.734. The first-order valence-electron chi connectivity index (χ1n) is 6.45. The van der Waals surface area contributed by atoms with E-state index in [1.165, 1.54) is 0 Å². The van der Waals surface area contributed by atoms with Gasteiger partial charge in [0, 0.05) is 25.7 Å². The van der Waals surface area contributed by atoms with E-state index in [0.717, 1.165) is 43.9 Å². The molecule has 0 spiro atoms. The molecule has 1 aromatic heterocycles. The first-order valence-corrected chi connectivity index (χ1v) is 6.45. The highest BCUT2D eigenvalue weighted by Gasteiger charge is 2.11. The van der Waals surface area contributed by atoms with Gasteiger partial charge in [0.05, 0.1) is 18.7 Å². The van der Waals surface area contributed by atoms with Gasteiger partial charge in [-0.25, -0.2) is 4.79 Å². The van der Waals surface area contributed by atoms with Crippen molar-refractivity contribution < 1.29 is 9.15 Å². The SMILES string of the molecule is O=c1[nH]c2ccc(CNCC3COCCN3)cc2o1. The van der Waals surface area contributed by atoms with Crippen LogP contribution < -0.4 is 16.4 Å². The number of oxazole rings is 1. The second-order valence-corrected chi connectivity index (χ2v) is 4.70. The van der Waals surface area contributed by atoms with Crippen molar-refractivity contribution in [2.45, 2.75) is 12.6 Å². The van der Waals surface area contributed by atoms with Crippen molar-refractivity contribution in [2.75, 3.05) is 26.3 Å². The van der Waals surface area contributed by atoms with Gasteiger partial charge in [0.2, 0.25) is 0 Å². The molecule has 3 N–H and O–H groups in total. The Balaban J connectivity index is 1.57. The average Bonchev–Trinajstić information content (AvgIpc) is 2.79. The zero-order valence-electron chi connectivity index (χ0n) is 10.6. The molecule has 102 valence electrons. The van der Waals surface area contributed by atoms with Crippen LogP contribution in [0.2, 0.25) is 0 Å². The number of fused-ring (bicyclic) bond motifs is 1. The molecule has 1 aromatic carbocycles. The normalized spacial score (nSPS) is 19.9. The fourth-order valence-electron chi connectivity index (χ4n) is 2.24. The summed E-state index contributed by atoms with van der Waals surface area (Å²) in [7, 11) is 0. The Hall–Kier alpha value is -1.63. The highest BCUT2D eigenvalue weighted by molar-refractivity contribution is 5.72. The van der Waals surface area contributed by atoms with Crippen LogP contribution in [0.15, 0.2) is 27.4 Å². The monoisotopic (exact) mass is 263 g/mol. The number of hydrogen-bond donors (Lipinski definition) is 3. The lowest BCUT2D eigenvalue weighted by atomic mass is 10.2. The van der Waals surface area contributed by atoms with Gasteiger partial charge < -0.3 is 19.8 Å². The van der Waals surface area contributed by atoms with Gasteiger partial charge in [-0.1, -0.05) is 6.07 Å². The predicted molar refractivity (Wildman–Crippen MR) is 71.2 cm³/mol. The Morgan fingerprint density at radius 2 is 2.37 bits per heavy atom. The molecule has 2 aromatic rings. The molecule has 6 heteroatoms. The number of aromatic amines is 1. The summed E-state index contributed by atoms with van der Waals surface area (Å²) in [4.78, 5) is 13.7. The highest BCUT2D eigenvalue weighted by atomic mass is 16.5. The Kier molecular flexibility index (Phi) is 3.63. The Bertz CT molecular complexity index is 598. The molecule has 1 atom stereocenters. The van der Waals surface area contributed by atoms with E-state index in [0.29, 0.717) is 11.6 Å². The van der Waals surface area contributed by atoms with Crippen molar-refractivity contribution in [1.29, 1.82) is 0 Å². The van der Waals surface area contributed by atoms with Crippen molar-refractivity contribution in [1.82, 2.24) is 15.6 Å². The number of hydrogen-bond acceptors (Lipinski definition) is 5. The van der Waals surface area contributed by atoms with Gasteiger partial charge in [0.1, 0.15) is 0 Å². The van der Waals surface area contributed by atoms with E-state index in [1.807, 2.05) is 18.2 Å². The molecule has 6 nitrogen and oxygen atoms in total. The first kappa shape index (κ1) is 12.4. The standard InChI is InChI=1S/C13H17N3O3/c17-13-16-11-2-1-9(5-12(11)19-13)6-14-7-10-8-18-4-3-15-10/h1-2,5,10,14-15H,3-4,6-8H2,(H,16,17). The summed E-state index contributed by atoms with van der Waals surface area (Å²) in [5, 5.41) is 6.76. The van der Waals surface area contributed by atoms with Gasteiger partial charge in [-0.05, 0) is 17.7 Å². The summed E-state index contributed by atoms with van der Waals surface area (Å²) < 4.78 is 10.4. The summed E-state index contributed by atoms with van der Waals surface area (Å²) in [6.07, 6.45) is 0. The zero-order chi connectivity index (χ0) is 13.1. The van der Waals surface area contributed by atoms with E-state index in [1.54, 1.807) is 0 Å². The molecular weight excluding hydrogens is 246 g/mol. The lowest BCUT2D eigenvalue weighted by molar-refractivity contribution is 0.0766. The third-order valence-electron chi connectivity index (χ3n) is 3.20. The van der Waals surface area contributed by atoms with Crippen LogP contribution in [0.1, 0.15) is 5.56 Å². The molecular formula is C13H17N3O3.